The number of sulfone groups is 1. The second kappa shape index (κ2) is 13.2. The summed E-state index contributed by atoms with van der Waals surface area (Å²) in [5.41, 5.74) is -6.75. The molecule has 4 rings (SSSR count). The number of carboxylic acids is 1. The van der Waals surface area contributed by atoms with Crippen LogP contribution in [0.4, 0.5) is 23.2 Å². The Labute approximate surface area is 256 Å². The SMILES string of the molecule is COc1cc(F)c(OC2CCC(C)(C(=O)O)CC2)cc1C(=O)N[C@@H]1CCOC[C@@H]1C(=O)Nc1cccc(S(=O)(=O)C(F)(F)F)c1. The van der Waals surface area contributed by atoms with E-state index in [0.717, 1.165) is 24.3 Å². The van der Waals surface area contributed by atoms with Crippen LogP contribution in [0.3, 0.4) is 0 Å². The van der Waals surface area contributed by atoms with Crippen LogP contribution in [0.2, 0.25) is 0 Å². The molecule has 1 saturated carbocycles. The first kappa shape index (κ1) is 34.0. The summed E-state index contributed by atoms with van der Waals surface area (Å²) >= 11 is 0. The Kier molecular flexibility index (Phi) is 9.97. The van der Waals surface area contributed by atoms with Crippen LogP contribution in [0.1, 0.15) is 49.4 Å². The van der Waals surface area contributed by atoms with Gasteiger partial charge in [0.05, 0.1) is 41.6 Å². The summed E-state index contributed by atoms with van der Waals surface area (Å²) in [7, 11) is -4.42. The number of hydrogen-bond acceptors (Lipinski definition) is 8. The van der Waals surface area contributed by atoms with Crippen LogP contribution < -0.4 is 20.1 Å². The maximum Gasteiger partial charge on any atom is 0.501 e. The van der Waals surface area contributed by atoms with Crippen molar-refractivity contribution < 1.29 is 59.7 Å². The van der Waals surface area contributed by atoms with E-state index in [1.807, 2.05) is 0 Å². The quantitative estimate of drug-likeness (QED) is 0.334. The molecule has 1 saturated heterocycles. The minimum Gasteiger partial charge on any atom is -0.496 e. The van der Waals surface area contributed by atoms with Gasteiger partial charge in [-0.1, -0.05) is 6.07 Å². The molecule has 2 atom stereocenters. The first-order valence-electron chi connectivity index (χ1n) is 13.9. The molecule has 45 heavy (non-hydrogen) atoms. The normalized spacial score (nSPS) is 23.9. The van der Waals surface area contributed by atoms with E-state index in [9.17, 15) is 45.5 Å². The summed E-state index contributed by atoms with van der Waals surface area (Å²) in [5.74, 6) is -4.58. The number of alkyl halides is 3. The Balaban J connectivity index is 1.48. The van der Waals surface area contributed by atoms with Crippen LogP contribution in [0.25, 0.3) is 0 Å². The lowest BCUT2D eigenvalue weighted by Gasteiger charge is -2.34. The Bertz CT molecular complexity index is 1560. The molecule has 2 aliphatic rings. The second-order valence-corrected chi connectivity index (χ2v) is 13.1. The Hall–Kier alpha value is -3.92. The van der Waals surface area contributed by atoms with Crippen LogP contribution >= 0.6 is 0 Å². The number of amides is 2. The number of rotatable bonds is 9. The standard InChI is InChI=1S/C29H32F4N2O9S/c1-28(27(38)39)9-6-17(7-10-28)44-24-13-19(23(42-2)14-21(24)30)25(36)35-22-8-11-43-15-20(22)26(37)34-16-4-3-5-18(12-16)45(40,41)29(31,32)33/h3-5,12-14,17,20,22H,6-11,15H2,1-2H3,(H,34,37)(H,35,36)(H,38,39)/t17?,20-,22+,28?/m0/s1. The molecule has 11 nitrogen and oxygen atoms in total. The lowest BCUT2D eigenvalue weighted by atomic mass is 9.75. The summed E-state index contributed by atoms with van der Waals surface area (Å²) in [6.45, 7) is 1.64. The molecule has 0 spiro atoms. The van der Waals surface area contributed by atoms with E-state index in [4.69, 9.17) is 14.2 Å². The van der Waals surface area contributed by atoms with Crippen molar-refractivity contribution in [1.82, 2.24) is 5.32 Å². The van der Waals surface area contributed by atoms with Crippen LogP contribution in [-0.4, -0.2) is 69.3 Å². The predicted molar refractivity (Wildman–Crippen MR) is 150 cm³/mol. The number of carboxylic acid groups (broad SMARTS) is 1. The third-order valence-corrected chi connectivity index (χ3v) is 9.55. The van der Waals surface area contributed by atoms with E-state index in [0.29, 0.717) is 31.7 Å². The number of halogens is 4. The van der Waals surface area contributed by atoms with Gasteiger partial charge >= 0.3 is 11.5 Å². The number of nitrogens with one attached hydrogen (secondary N) is 2. The van der Waals surface area contributed by atoms with E-state index >= 15 is 0 Å². The molecule has 2 fully saturated rings. The predicted octanol–water partition coefficient (Wildman–Crippen LogP) is 4.31. The van der Waals surface area contributed by atoms with E-state index in [2.05, 4.69) is 10.6 Å². The summed E-state index contributed by atoms with van der Waals surface area (Å²) in [4.78, 5) is 37.0. The smallest absolute Gasteiger partial charge is 0.496 e. The molecular weight excluding hydrogens is 628 g/mol. The van der Waals surface area contributed by atoms with E-state index in [1.54, 1.807) is 6.92 Å². The fourth-order valence-corrected chi connectivity index (χ4v) is 6.04. The molecule has 16 heteroatoms. The first-order chi connectivity index (χ1) is 21.1. The average Bonchev–Trinajstić information content (AvgIpc) is 2.98. The molecule has 246 valence electrons. The van der Waals surface area contributed by atoms with Gasteiger partial charge in [-0.15, -0.1) is 0 Å². The topological polar surface area (TPSA) is 157 Å². The Morgan fingerprint density at radius 1 is 1.07 bits per heavy atom. The minimum atomic E-state index is -5.65. The summed E-state index contributed by atoms with van der Waals surface area (Å²) in [6.07, 6.45) is 1.06. The van der Waals surface area contributed by atoms with Crippen molar-refractivity contribution in [3.63, 3.8) is 0 Å². The average molecular weight is 661 g/mol. The highest BCUT2D eigenvalue weighted by molar-refractivity contribution is 7.92. The zero-order valence-corrected chi connectivity index (χ0v) is 25.1. The van der Waals surface area contributed by atoms with E-state index in [-0.39, 0.29) is 42.4 Å². The summed E-state index contributed by atoms with van der Waals surface area (Å²) < 4.78 is 93.9. The van der Waals surface area contributed by atoms with Crippen molar-refractivity contribution in [2.75, 3.05) is 25.6 Å². The van der Waals surface area contributed by atoms with Crippen LogP contribution in [0.5, 0.6) is 11.5 Å². The molecule has 2 aromatic rings. The molecule has 1 aliphatic carbocycles. The summed E-state index contributed by atoms with van der Waals surface area (Å²) in [6, 6.07) is 4.99. The third-order valence-electron chi connectivity index (χ3n) is 8.07. The maximum absolute atomic E-state index is 14.9. The van der Waals surface area contributed by atoms with Crippen molar-refractivity contribution in [1.29, 1.82) is 0 Å². The summed E-state index contributed by atoms with van der Waals surface area (Å²) in [5, 5.41) is 14.5. The van der Waals surface area contributed by atoms with Crippen molar-refractivity contribution in [3.8, 4) is 11.5 Å². The Morgan fingerprint density at radius 3 is 2.38 bits per heavy atom. The highest BCUT2D eigenvalue weighted by atomic mass is 32.2. The molecule has 2 aromatic carbocycles. The number of methoxy groups -OCH3 is 1. The monoisotopic (exact) mass is 660 g/mol. The number of benzene rings is 2. The number of anilines is 1. The van der Waals surface area contributed by atoms with Crippen molar-refractivity contribution in [2.24, 2.45) is 11.3 Å². The van der Waals surface area contributed by atoms with Crippen LogP contribution in [0, 0.1) is 17.2 Å². The number of aliphatic carboxylic acids is 1. The zero-order chi connectivity index (χ0) is 33.2. The van der Waals surface area contributed by atoms with Gasteiger partial charge in [-0.3, -0.25) is 14.4 Å². The van der Waals surface area contributed by atoms with Gasteiger partial charge in [0.2, 0.25) is 5.91 Å². The molecule has 2 amide bonds. The molecule has 3 N–H and O–H groups in total. The fraction of sp³-hybridized carbons (Fsp3) is 0.483. The lowest BCUT2D eigenvalue weighted by molar-refractivity contribution is -0.150. The second-order valence-electron chi connectivity index (χ2n) is 11.2. The zero-order valence-electron chi connectivity index (χ0n) is 24.3. The number of hydrogen-bond donors (Lipinski definition) is 3. The van der Waals surface area contributed by atoms with Gasteiger partial charge in [-0.05, 0) is 63.3 Å². The molecule has 0 bridgehead atoms. The van der Waals surface area contributed by atoms with E-state index in [1.165, 1.54) is 13.2 Å². The number of carbonyl (C=O) groups excluding carboxylic acids is 2. The first-order valence-corrected chi connectivity index (χ1v) is 15.4. The lowest BCUT2D eigenvalue weighted by Crippen LogP contribution is -2.50. The molecule has 0 radical (unpaired) electrons. The molecule has 1 heterocycles. The van der Waals surface area contributed by atoms with Crippen LogP contribution in [-0.2, 0) is 24.2 Å². The number of carbonyl (C=O) groups is 3. The largest absolute Gasteiger partial charge is 0.501 e. The van der Waals surface area contributed by atoms with Crippen LogP contribution in [0.15, 0.2) is 41.3 Å². The van der Waals surface area contributed by atoms with Gasteiger partial charge in [-0.25, -0.2) is 12.8 Å². The van der Waals surface area contributed by atoms with Gasteiger partial charge < -0.3 is 30.0 Å². The van der Waals surface area contributed by atoms with Gasteiger partial charge in [0, 0.05) is 24.4 Å². The van der Waals surface area contributed by atoms with Crippen molar-refractivity contribution in [2.45, 2.75) is 61.6 Å². The molecular formula is C29H32F4N2O9S. The molecule has 0 aromatic heterocycles. The third kappa shape index (κ3) is 7.49. The highest BCUT2D eigenvalue weighted by Crippen LogP contribution is 2.39. The van der Waals surface area contributed by atoms with Gasteiger partial charge in [0.1, 0.15) is 5.75 Å². The molecule has 1 aliphatic heterocycles. The fourth-order valence-electron chi connectivity index (χ4n) is 5.24. The number of ether oxygens (including phenoxy) is 3. The van der Waals surface area contributed by atoms with Gasteiger partial charge in [0.25, 0.3) is 15.7 Å². The van der Waals surface area contributed by atoms with Crippen molar-refractivity contribution >= 4 is 33.3 Å². The van der Waals surface area contributed by atoms with Gasteiger partial charge in [0.15, 0.2) is 11.6 Å². The van der Waals surface area contributed by atoms with Crippen molar-refractivity contribution in [3.05, 3.63) is 47.8 Å². The molecule has 0 unspecified atom stereocenters. The minimum absolute atomic E-state index is 0.101. The van der Waals surface area contributed by atoms with Gasteiger partial charge in [-0.2, -0.15) is 13.2 Å². The maximum atomic E-state index is 14.9. The van der Waals surface area contributed by atoms with E-state index < -0.39 is 67.3 Å². The Morgan fingerprint density at radius 2 is 1.76 bits per heavy atom. The highest BCUT2D eigenvalue weighted by Gasteiger charge is 2.47.